The standard InChI is InChI=1S/C12H16NO3P/c1-3-4-7-16-13-12(14)9-5-6-10-11(8-9)17(10,2)15/h5-6,8H,3-4,7H2,1-2H3,(H,13,14). The summed E-state index contributed by atoms with van der Waals surface area (Å²) in [6, 6.07) is 5.13. The number of unbranched alkanes of at least 4 members (excludes halogenated alkanes) is 1. The fourth-order valence-electron chi connectivity index (χ4n) is 1.68. The summed E-state index contributed by atoms with van der Waals surface area (Å²) < 4.78 is 11.8. The molecule has 1 aromatic carbocycles. The first kappa shape index (κ1) is 12.3. The number of carbonyl (C=O) groups is 1. The molecule has 0 saturated carbocycles. The molecule has 5 heteroatoms. The summed E-state index contributed by atoms with van der Waals surface area (Å²) >= 11 is 0. The van der Waals surface area contributed by atoms with Crippen molar-refractivity contribution in [1.82, 2.24) is 5.48 Å². The third-order valence-electron chi connectivity index (χ3n) is 2.87. The molecule has 1 heterocycles. The van der Waals surface area contributed by atoms with Crippen molar-refractivity contribution >= 4 is 23.7 Å². The maximum Gasteiger partial charge on any atom is 0.274 e. The van der Waals surface area contributed by atoms with E-state index in [1.807, 2.05) is 0 Å². The first-order chi connectivity index (χ1) is 8.07. The van der Waals surface area contributed by atoms with Gasteiger partial charge in [-0.25, -0.2) is 5.48 Å². The number of hydrogen-bond acceptors (Lipinski definition) is 3. The van der Waals surface area contributed by atoms with Crippen LogP contribution in [0.3, 0.4) is 0 Å². The number of amides is 1. The van der Waals surface area contributed by atoms with Crippen molar-refractivity contribution in [3.63, 3.8) is 0 Å². The minimum atomic E-state index is -2.21. The summed E-state index contributed by atoms with van der Waals surface area (Å²) in [6.45, 7) is 4.29. The maximum atomic E-state index is 11.8. The Bertz CT molecular complexity index is 499. The lowest BCUT2D eigenvalue weighted by atomic mass is 10.2. The van der Waals surface area contributed by atoms with Crippen LogP contribution in [0, 0.1) is 0 Å². The molecule has 1 aliphatic rings. The van der Waals surface area contributed by atoms with Gasteiger partial charge in [0, 0.05) is 16.2 Å². The van der Waals surface area contributed by atoms with E-state index in [2.05, 4.69) is 12.4 Å². The van der Waals surface area contributed by atoms with Crippen molar-refractivity contribution in [3.05, 3.63) is 23.8 Å². The molecule has 1 amide bonds. The fraction of sp³-hybridized carbons (Fsp3) is 0.417. The van der Waals surface area contributed by atoms with E-state index < -0.39 is 7.14 Å². The summed E-state index contributed by atoms with van der Waals surface area (Å²) in [5.74, 6) is -0.282. The molecule has 1 aromatic rings. The van der Waals surface area contributed by atoms with E-state index >= 15 is 0 Å². The Labute approximate surface area is 101 Å². The smallest absolute Gasteiger partial charge is 0.274 e. The van der Waals surface area contributed by atoms with Crippen molar-refractivity contribution in [2.45, 2.75) is 19.8 Å². The number of carbonyl (C=O) groups excluding carboxylic acids is 1. The molecule has 1 N–H and O–H groups in total. The summed E-state index contributed by atoms with van der Waals surface area (Å²) in [4.78, 5) is 16.7. The van der Waals surface area contributed by atoms with Gasteiger partial charge >= 0.3 is 0 Å². The quantitative estimate of drug-likeness (QED) is 0.490. The van der Waals surface area contributed by atoms with Crippen LogP contribution >= 0.6 is 7.14 Å². The average molecular weight is 253 g/mol. The number of nitrogens with one attached hydrogen (secondary N) is 1. The van der Waals surface area contributed by atoms with E-state index in [-0.39, 0.29) is 5.91 Å². The van der Waals surface area contributed by atoms with E-state index in [1.165, 1.54) is 0 Å². The van der Waals surface area contributed by atoms with Crippen molar-refractivity contribution < 1.29 is 14.2 Å². The van der Waals surface area contributed by atoms with Crippen LogP contribution < -0.4 is 16.1 Å². The Kier molecular flexibility index (Phi) is 3.36. The first-order valence-corrected chi connectivity index (χ1v) is 7.87. The second-order valence-electron chi connectivity index (χ2n) is 4.26. The molecular formula is C12H16NO3P. The highest BCUT2D eigenvalue weighted by atomic mass is 31.2. The van der Waals surface area contributed by atoms with Crippen LogP contribution in [-0.4, -0.2) is 19.2 Å². The van der Waals surface area contributed by atoms with E-state index in [0.717, 1.165) is 23.5 Å². The second kappa shape index (κ2) is 4.63. The highest BCUT2D eigenvalue weighted by Crippen LogP contribution is 2.50. The van der Waals surface area contributed by atoms with Gasteiger partial charge in [-0.2, -0.15) is 0 Å². The van der Waals surface area contributed by atoms with Crippen molar-refractivity contribution in [1.29, 1.82) is 0 Å². The highest BCUT2D eigenvalue weighted by Gasteiger charge is 2.41. The highest BCUT2D eigenvalue weighted by molar-refractivity contribution is 7.88. The number of benzene rings is 1. The first-order valence-electron chi connectivity index (χ1n) is 5.72. The molecule has 92 valence electrons. The molecule has 0 bridgehead atoms. The number of hydrogen-bond donors (Lipinski definition) is 1. The van der Waals surface area contributed by atoms with Gasteiger partial charge in [-0.3, -0.25) is 9.63 Å². The normalized spacial score (nSPS) is 20.8. The molecule has 4 nitrogen and oxygen atoms in total. The third-order valence-corrected chi connectivity index (χ3v) is 5.25. The van der Waals surface area contributed by atoms with Gasteiger partial charge in [0.25, 0.3) is 5.91 Å². The van der Waals surface area contributed by atoms with Crippen molar-refractivity contribution in [3.8, 4) is 0 Å². The zero-order valence-electron chi connectivity index (χ0n) is 10.0. The molecule has 1 aliphatic heterocycles. The minimum absolute atomic E-state index is 0.282. The summed E-state index contributed by atoms with van der Waals surface area (Å²) in [5, 5.41) is 1.71. The van der Waals surface area contributed by atoms with E-state index in [0.29, 0.717) is 12.2 Å². The minimum Gasteiger partial charge on any atom is -0.314 e. The molecular weight excluding hydrogens is 237 g/mol. The Morgan fingerprint density at radius 1 is 1.41 bits per heavy atom. The van der Waals surface area contributed by atoms with Crippen molar-refractivity contribution in [2.75, 3.05) is 13.3 Å². The lowest BCUT2D eigenvalue weighted by molar-refractivity contribution is 0.0302. The molecule has 0 radical (unpaired) electrons. The number of fused-ring (bicyclic) bond motifs is 1. The van der Waals surface area contributed by atoms with Crippen LogP contribution in [0.25, 0.3) is 0 Å². The van der Waals surface area contributed by atoms with Gasteiger partial charge in [0.05, 0.1) is 6.61 Å². The van der Waals surface area contributed by atoms with Gasteiger partial charge in [-0.05, 0) is 31.3 Å². The van der Waals surface area contributed by atoms with Crippen LogP contribution in [0.2, 0.25) is 0 Å². The molecule has 0 aliphatic carbocycles. The Morgan fingerprint density at radius 3 is 2.82 bits per heavy atom. The van der Waals surface area contributed by atoms with Gasteiger partial charge in [0.15, 0.2) is 0 Å². The average Bonchev–Trinajstić information content (AvgIpc) is 2.87. The summed E-state index contributed by atoms with van der Waals surface area (Å²) in [7, 11) is -2.21. The SMILES string of the molecule is CCCCONC(=O)c1ccc2c(c1)P2(C)=O. The maximum absolute atomic E-state index is 11.8. The largest absolute Gasteiger partial charge is 0.314 e. The van der Waals surface area contributed by atoms with Crippen LogP contribution in [-0.2, 0) is 9.40 Å². The lowest BCUT2D eigenvalue weighted by Crippen LogP contribution is -2.24. The summed E-state index contributed by atoms with van der Waals surface area (Å²) in [6.07, 6.45) is 1.93. The van der Waals surface area contributed by atoms with Gasteiger partial charge in [-0.1, -0.05) is 13.3 Å². The van der Waals surface area contributed by atoms with Crippen LogP contribution in [0.15, 0.2) is 18.2 Å². The molecule has 0 fully saturated rings. The lowest BCUT2D eigenvalue weighted by Gasteiger charge is -2.04. The van der Waals surface area contributed by atoms with E-state index in [4.69, 9.17) is 4.84 Å². The molecule has 1 atom stereocenters. The molecule has 0 spiro atoms. The zero-order chi connectivity index (χ0) is 12.5. The zero-order valence-corrected chi connectivity index (χ0v) is 10.9. The molecule has 1 unspecified atom stereocenters. The monoisotopic (exact) mass is 253 g/mol. The van der Waals surface area contributed by atoms with Gasteiger partial charge in [0.2, 0.25) is 0 Å². The fourth-order valence-corrected chi connectivity index (χ4v) is 3.69. The van der Waals surface area contributed by atoms with Crippen LogP contribution in [0.1, 0.15) is 30.1 Å². The van der Waals surface area contributed by atoms with E-state index in [9.17, 15) is 9.36 Å². The predicted molar refractivity (Wildman–Crippen MR) is 67.6 cm³/mol. The number of rotatable bonds is 5. The van der Waals surface area contributed by atoms with Crippen molar-refractivity contribution in [2.24, 2.45) is 0 Å². The molecule has 0 saturated heterocycles. The molecule has 0 aromatic heterocycles. The number of hydroxylamine groups is 1. The van der Waals surface area contributed by atoms with Gasteiger partial charge < -0.3 is 4.57 Å². The summed E-state index contributed by atoms with van der Waals surface area (Å²) in [5.41, 5.74) is 2.88. The predicted octanol–water partition coefficient (Wildman–Crippen LogP) is 1.41. The third kappa shape index (κ3) is 2.43. The van der Waals surface area contributed by atoms with Gasteiger partial charge in [-0.15, -0.1) is 0 Å². The van der Waals surface area contributed by atoms with Crippen LogP contribution in [0.5, 0.6) is 0 Å². The van der Waals surface area contributed by atoms with E-state index in [1.54, 1.807) is 24.9 Å². The molecule has 2 rings (SSSR count). The Balaban J connectivity index is 1.93. The van der Waals surface area contributed by atoms with Crippen LogP contribution in [0.4, 0.5) is 0 Å². The van der Waals surface area contributed by atoms with Gasteiger partial charge in [0.1, 0.15) is 7.14 Å². The molecule has 17 heavy (non-hydrogen) atoms. The topological polar surface area (TPSA) is 55.4 Å². The Hall–Kier alpha value is -1.12. The Morgan fingerprint density at radius 2 is 2.18 bits per heavy atom. The second-order valence-corrected chi connectivity index (χ2v) is 7.07.